The maximum Gasteiger partial charge on any atom is 0.244 e. The van der Waals surface area contributed by atoms with Crippen LogP contribution in [0.3, 0.4) is 0 Å². The molecule has 0 saturated heterocycles. The van der Waals surface area contributed by atoms with Crippen molar-refractivity contribution < 1.29 is 4.79 Å². The predicted octanol–water partition coefficient (Wildman–Crippen LogP) is 2.06. The Kier molecular flexibility index (Phi) is 5.33. The quantitative estimate of drug-likeness (QED) is 0.881. The van der Waals surface area contributed by atoms with Crippen molar-refractivity contribution in [1.29, 1.82) is 0 Å². The topological polar surface area (TPSA) is 77.0 Å². The van der Waals surface area contributed by atoms with Gasteiger partial charge in [-0.1, -0.05) is 23.7 Å². The van der Waals surface area contributed by atoms with Gasteiger partial charge in [-0.25, -0.2) is 4.68 Å². The predicted molar refractivity (Wildman–Crippen MR) is 83.0 cm³/mol. The first-order valence-electron chi connectivity index (χ1n) is 6.63. The molecule has 2 aromatic rings. The minimum Gasteiger partial charge on any atom is -0.339 e. The Hall–Kier alpha value is -1.44. The molecule has 8 heteroatoms. The van der Waals surface area contributed by atoms with Crippen molar-refractivity contribution in [2.75, 3.05) is 7.05 Å². The number of carbonyl (C=O) groups is 1. The highest BCUT2D eigenvalue weighted by molar-refractivity contribution is 7.16. The summed E-state index contributed by atoms with van der Waals surface area (Å²) in [6.45, 7) is 2.67. The van der Waals surface area contributed by atoms with Crippen LogP contribution in [-0.2, 0) is 17.9 Å². The third-order valence-electron chi connectivity index (χ3n) is 3.12. The number of nitrogens with two attached hydrogens (primary N) is 1. The van der Waals surface area contributed by atoms with E-state index in [2.05, 4.69) is 10.3 Å². The number of hydrogen-bond donors (Lipinski definition) is 1. The van der Waals surface area contributed by atoms with Gasteiger partial charge in [0, 0.05) is 11.9 Å². The van der Waals surface area contributed by atoms with Gasteiger partial charge in [-0.15, -0.1) is 16.4 Å². The number of amides is 1. The summed E-state index contributed by atoms with van der Waals surface area (Å²) in [7, 11) is 1.76. The van der Waals surface area contributed by atoms with E-state index in [4.69, 9.17) is 17.3 Å². The average molecular weight is 328 g/mol. The Balaban J connectivity index is 1.92. The first kappa shape index (κ1) is 15.9. The lowest BCUT2D eigenvalue weighted by molar-refractivity contribution is -0.131. The van der Waals surface area contributed by atoms with Gasteiger partial charge in [-0.05, 0) is 18.6 Å². The van der Waals surface area contributed by atoms with E-state index >= 15 is 0 Å². The minimum absolute atomic E-state index is 0.0407. The van der Waals surface area contributed by atoms with Gasteiger partial charge >= 0.3 is 0 Å². The van der Waals surface area contributed by atoms with Crippen molar-refractivity contribution in [2.45, 2.75) is 32.5 Å². The van der Waals surface area contributed by atoms with Crippen LogP contribution in [0, 0.1) is 0 Å². The second-order valence-electron chi connectivity index (χ2n) is 4.81. The molecule has 2 rings (SSSR count). The van der Waals surface area contributed by atoms with Crippen LogP contribution in [0.1, 0.15) is 30.0 Å². The molecular weight excluding hydrogens is 310 g/mol. The first-order chi connectivity index (χ1) is 9.99. The molecule has 0 radical (unpaired) electrons. The van der Waals surface area contributed by atoms with Gasteiger partial charge < -0.3 is 10.6 Å². The van der Waals surface area contributed by atoms with E-state index in [0.29, 0.717) is 12.2 Å². The van der Waals surface area contributed by atoms with Crippen LogP contribution >= 0.6 is 22.9 Å². The highest BCUT2D eigenvalue weighted by atomic mass is 35.5. The number of thiophene rings is 1. The summed E-state index contributed by atoms with van der Waals surface area (Å²) in [5, 5.41) is 7.93. The Labute approximate surface area is 132 Å². The van der Waals surface area contributed by atoms with Crippen LogP contribution in [0.25, 0.3) is 0 Å². The smallest absolute Gasteiger partial charge is 0.244 e. The van der Waals surface area contributed by atoms with Crippen LogP contribution in [-0.4, -0.2) is 32.8 Å². The van der Waals surface area contributed by atoms with Gasteiger partial charge in [-0.2, -0.15) is 0 Å². The molecule has 0 aliphatic rings. The highest BCUT2D eigenvalue weighted by Crippen LogP contribution is 2.22. The maximum absolute atomic E-state index is 12.1. The number of nitrogens with zero attached hydrogens (tertiary/aromatic N) is 4. The zero-order valence-electron chi connectivity index (χ0n) is 12.0. The molecule has 0 aliphatic carbocycles. The summed E-state index contributed by atoms with van der Waals surface area (Å²) in [4.78, 5) is 14.8. The zero-order chi connectivity index (χ0) is 15.4. The van der Waals surface area contributed by atoms with Crippen LogP contribution in [0.15, 0.2) is 18.3 Å². The van der Waals surface area contributed by atoms with Crippen LogP contribution in [0.5, 0.6) is 0 Å². The Morgan fingerprint density at radius 2 is 2.33 bits per heavy atom. The summed E-state index contributed by atoms with van der Waals surface area (Å²) in [5.41, 5.74) is 6.59. The van der Waals surface area contributed by atoms with Crippen molar-refractivity contribution in [3.63, 3.8) is 0 Å². The second kappa shape index (κ2) is 7.02. The van der Waals surface area contributed by atoms with Crippen molar-refractivity contribution in [2.24, 2.45) is 5.73 Å². The van der Waals surface area contributed by atoms with E-state index in [1.54, 1.807) is 18.1 Å². The van der Waals surface area contributed by atoms with Gasteiger partial charge in [0.05, 0.1) is 28.8 Å². The van der Waals surface area contributed by atoms with E-state index in [9.17, 15) is 4.79 Å². The Morgan fingerprint density at radius 3 is 2.95 bits per heavy atom. The Bertz CT molecular complexity index is 611. The minimum atomic E-state index is -0.139. The number of halogens is 1. The molecule has 1 unspecified atom stereocenters. The summed E-state index contributed by atoms with van der Waals surface area (Å²) < 4.78 is 2.24. The van der Waals surface area contributed by atoms with E-state index in [0.717, 1.165) is 15.6 Å². The molecule has 1 amide bonds. The SMILES string of the molecule is CCC(N)c1cn(CC(=O)N(C)Cc2ccc(Cl)s2)nn1. The average Bonchev–Trinajstić information content (AvgIpc) is 3.07. The van der Waals surface area contributed by atoms with E-state index in [1.165, 1.54) is 16.0 Å². The lowest BCUT2D eigenvalue weighted by Crippen LogP contribution is -2.29. The maximum atomic E-state index is 12.1. The molecule has 0 aliphatic heterocycles. The number of aromatic nitrogens is 3. The molecular formula is C13H18ClN5OS. The summed E-state index contributed by atoms with van der Waals surface area (Å²) in [6, 6.07) is 3.61. The molecule has 6 nitrogen and oxygen atoms in total. The monoisotopic (exact) mass is 327 g/mol. The lowest BCUT2D eigenvalue weighted by atomic mass is 10.2. The molecule has 21 heavy (non-hydrogen) atoms. The molecule has 0 spiro atoms. The highest BCUT2D eigenvalue weighted by Gasteiger charge is 2.14. The van der Waals surface area contributed by atoms with Gasteiger partial charge in [0.15, 0.2) is 0 Å². The summed E-state index contributed by atoms with van der Waals surface area (Å²) in [6.07, 6.45) is 2.51. The van der Waals surface area contributed by atoms with Crippen molar-refractivity contribution >= 4 is 28.8 Å². The Morgan fingerprint density at radius 1 is 1.57 bits per heavy atom. The molecule has 114 valence electrons. The molecule has 2 N–H and O–H groups in total. The number of carbonyl (C=O) groups excluding carboxylic acids is 1. The fourth-order valence-electron chi connectivity index (χ4n) is 1.79. The van der Waals surface area contributed by atoms with Crippen molar-refractivity contribution in [3.05, 3.63) is 33.2 Å². The summed E-state index contributed by atoms with van der Waals surface area (Å²) in [5.74, 6) is -0.0407. The van der Waals surface area contributed by atoms with Crippen LogP contribution in [0.4, 0.5) is 0 Å². The zero-order valence-corrected chi connectivity index (χ0v) is 13.6. The molecule has 0 saturated carbocycles. The molecule has 0 bridgehead atoms. The van der Waals surface area contributed by atoms with Gasteiger partial charge in [-0.3, -0.25) is 4.79 Å². The molecule has 2 aromatic heterocycles. The third-order valence-corrected chi connectivity index (χ3v) is 4.34. The number of likely N-dealkylation sites (N-methyl/N-ethyl adjacent to an activating group) is 1. The van der Waals surface area contributed by atoms with E-state index in [1.807, 2.05) is 19.1 Å². The normalized spacial score (nSPS) is 12.4. The standard InChI is InChI=1S/C13H18ClN5OS/c1-3-10(15)11-7-19(17-16-11)8-13(20)18(2)6-9-4-5-12(14)21-9/h4-5,7,10H,3,6,8,15H2,1-2H3. The first-order valence-corrected chi connectivity index (χ1v) is 7.82. The molecule has 0 aromatic carbocycles. The summed E-state index contributed by atoms with van der Waals surface area (Å²) >= 11 is 7.35. The fourth-order valence-corrected chi connectivity index (χ4v) is 2.93. The lowest BCUT2D eigenvalue weighted by Gasteiger charge is -2.15. The number of rotatable bonds is 6. The molecule has 0 fully saturated rings. The fraction of sp³-hybridized carbons (Fsp3) is 0.462. The van der Waals surface area contributed by atoms with Crippen LogP contribution in [0.2, 0.25) is 4.34 Å². The van der Waals surface area contributed by atoms with Gasteiger partial charge in [0.1, 0.15) is 6.54 Å². The van der Waals surface area contributed by atoms with Crippen molar-refractivity contribution in [3.8, 4) is 0 Å². The van der Waals surface area contributed by atoms with Gasteiger partial charge in [0.25, 0.3) is 0 Å². The van der Waals surface area contributed by atoms with Gasteiger partial charge in [0.2, 0.25) is 5.91 Å². The van der Waals surface area contributed by atoms with Crippen molar-refractivity contribution in [1.82, 2.24) is 19.9 Å². The number of hydrogen-bond acceptors (Lipinski definition) is 5. The largest absolute Gasteiger partial charge is 0.339 e. The second-order valence-corrected chi connectivity index (χ2v) is 6.61. The van der Waals surface area contributed by atoms with E-state index in [-0.39, 0.29) is 18.5 Å². The molecule has 2 heterocycles. The van der Waals surface area contributed by atoms with Crippen LogP contribution < -0.4 is 5.73 Å². The van der Waals surface area contributed by atoms with E-state index < -0.39 is 0 Å². The molecule has 1 atom stereocenters. The third kappa shape index (κ3) is 4.26.